The lowest BCUT2D eigenvalue weighted by atomic mass is 9.49. The molecule has 0 spiro atoms. The van der Waals surface area contributed by atoms with Gasteiger partial charge in [0.2, 0.25) is 11.8 Å². The number of aromatic hydroxyl groups is 1. The highest BCUT2D eigenvalue weighted by Gasteiger charge is 2.58. The van der Waals surface area contributed by atoms with Gasteiger partial charge in [-0.1, -0.05) is 52.7 Å². The van der Waals surface area contributed by atoms with E-state index < -0.39 is 16.9 Å². The maximum absolute atomic E-state index is 14.4. The smallest absolute Gasteiger partial charge is 0.404 e. The van der Waals surface area contributed by atoms with Crippen LogP contribution in [0.2, 0.25) is 0 Å². The normalized spacial score (nSPS) is 33.4. The second-order valence-electron chi connectivity index (χ2n) is 15.1. The molecular formula is C37H48N2O6. The SMILES string of the molecule is C[C@]1(C(=O)NC(=O)[C@@]2(C)CCC[C@]3(C)c4cc(OCCNC(=O)O)ccc4CC[C@@H]23)CCC[C@]2(C)c3cc(O)ccc3CC[C@@H]12. The van der Waals surface area contributed by atoms with Gasteiger partial charge >= 0.3 is 6.09 Å². The fourth-order valence-corrected chi connectivity index (χ4v) is 10.2. The molecule has 0 radical (unpaired) electrons. The fraction of sp³-hybridized carbons (Fsp3) is 0.595. The second kappa shape index (κ2) is 11.4. The Labute approximate surface area is 266 Å². The number of amides is 3. The van der Waals surface area contributed by atoms with Crippen molar-refractivity contribution in [2.24, 2.45) is 22.7 Å². The van der Waals surface area contributed by atoms with Crippen LogP contribution in [0, 0.1) is 22.7 Å². The van der Waals surface area contributed by atoms with Crippen LogP contribution in [0.5, 0.6) is 11.5 Å². The Morgan fingerprint density at radius 1 is 0.800 bits per heavy atom. The first-order chi connectivity index (χ1) is 21.3. The predicted molar refractivity (Wildman–Crippen MR) is 171 cm³/mol. The number of phenolic OH excluding ortho intramolecular Hbond substituents is 1. The molecule has 0 bridgehead atoms. The zero-order valence-corrected chi connectivity index (χ0v) is 27.1. The average Bonchev–Trinajstić information content (AvgIpc) is 2.99. The topological polar surface area (TPSA) is 125 Å². The number of carbonyl (C=O) groups is 3. The highest BCUT2D eigenvalue weighted by Crippen LogP contribution is 2.59. The van der Waals surface area contributed by atoms with E-state index in [9.17, 15) is 19.5 Å². The van der Waals surface area contributed by atoms with Crippen LogP contribution >= 0.6 is 0 Å². The number of benzene rings is 2. The largest absolute Gasteiger partial charge is 0.508 e. The van der Waals surface area contributed by atoms with Crippen LogP contribution in [0.4, 0.5) is 4.79 Å². The number of hydrogen-bond donors (Lipinski definition) is 4. The summed E-state index contributed by atoms with van der Waals surface area (Å²) in [5, 5.41) is 24.5. The van der Waals surface area contributed by atoms with E-state index in [2.05, 4.69) is 50.5 Å². The van der Waals surface area contributed by atoms with Crippen molar-refractivity contribution < 1.29 is 29.3 Å². The first-order valence-corrected chi connectivity index (χ1v) is 16.7. The Hall–Kier alpha value is -3.55. The van der Waals surface area contributed by atoms with E-state index in [0.717, 1.165) is 69.8 Å². The van der Waals surface area contributed by atoms with Crippen molar-refractivity contribution in [1.82, 2.24) is 10.6 Å². The van der Waals surface area contributed by atoms with Gasteiger partial charge in [-0.3, -0.25) is 14.9 Å². The van der Waals surface area contributed by atoms with Crippen LogP contribution in [0.25, 0.3) is 0 Å². The first-order valence-electron chi connectivity index (χ1n) is 16.7. The minimum absolute atomic E-state index is 0.0666. The average molecular weight is 617 g/mol. The summed E-state index contributed by atoms with van der Waals surface area (Å²) in [5.74, 6) is 0.806. The van der Waals surface area contributed by atoms with Crippen molar-refractivity contribution in [3.05, 3.63) is 58.7 Å². The molecule has 8 nitrogen and oxygen atoms in total. The lowest BCUT2D eigenvalue weighted by Crippen LogP contribution is -2.60. The molecule has 6 rings (SSSR count). The molecule has 4 aliphatic carbocycles. The molecule has 8 heteroatoms. The third-order valence-electron chi connectivity index (χ3n) is 12.6. The molecule has 0 saturated heterocycles. The van der Waals surface area contributed by atoms with Gasteiger partial charge in [0, 0.05) is 0 Å². The zero-order valence-electron chi connectivity index (χ0n) is 27.1. The van der Waals surface area contributed by atoms with Crippen LogP contribution in [0.15, 0.2) is 36.4 Å². The van der Waals surface area contributed by atoms with Gasteiger partial charge in [-0.05, 0) is 121 Å². The highest BCUT2D eigenvalue weighted by atomic mass is 16.5. The van der Waals surface area contributed by atoms with Crippen molar-refractivity contribution in [1.29, 1.82) is 0 Å². The first kappa shape index (κ1) is 31.4. The number of imide groups is 1. The van der Waals surface area contributed by atoms with Crippen molar-refractivity contribution in [2.75, 3.05) is 13.2 Å². The number of phenols is 1. The molecule has 4 N–H and O–H groups in total. The van der Waals surface area contributed by atoms with E-state index in [1.807, 2.05) is 18.2 Å². The van der Waals surface area contributed by atoms with Crippen LogP contribution in [-0.2, 0) is 33.3 Å². The van der Waals surface area contributed by atoms with E-state index in [1.54, 1.807) is 6.07 Å². The molecule has 45 heavy (non-hydrogen) atoms. The minimum Gasteiger partial charge on any atom is -0.508 e. The summed E-state index contributed by atoms with van der Waals surface area (Å²) in [6.45, 7) is 9.07. The summed E-state index contributed by atoms with van der Waals surface area (Å²) in [7, 11) is 0. The van der Waals surface area contributed by atoms with E-state index >= 15 is 0 Å². The maximum Gasteiger partial charge on any atom is 0.404 e. The van der Waals surface area contributed by atoms with E-state index in [-0.39, 0.29) is 53.4 Å². The molecule has 2 aromatic carbocycles. The Morgan fingerprint density at radius 2 is 1.33 bits per heavy atom. The van der Waals surface area contributed by atoms with Gasteiger partial charge in [0.25, 0.3) is 0 Å². The zero-order chi connectivity index (χ0) is 32.2. The minimum atomic E-state index is -1.08. The van der Waals surface area contributed by atoms with E-state index in [4.69, 9.17) is 9.84 Å². The highest BCUT2D eigenvalue weighted by molar-refractivity contribution is 6.00. The van der Waals surface area contributed by atoms with Crippen LogP contribution in [-0.4, -0.2) is 41.3 Å². The molecule has 0 heterocycles. The van der Waals surface area contributed by atoms with Gasteiger partial charge in [-0.15, -0.1) is 0 Å². The van der Waals surface area contributed by atoms with Gasteiger partial charge in [0.1, 0.15) is 18.1 Å². The number of fused-ring (bicyclic) bond motifs is 6. The number of aryl methyl sites for hydroxylation is 2. The van der Waals surface area contributed by atoms with Crippen LogP contribution < -0.4 is 15.4 Å². The lowest BCUT2D eigenvalue weighted by Gasteiger charge is -2.56. The molecular weight excluding hydrogens is 568 g/mol. The van der Waals surface area contributed by atoms with Gasteiger partial charge in [-0.25, -0.2) is 4.79 Å². The Morgan fingerprint density at radius 3 is 1.89 bits per heavy atom. The molecule has 0 unspecified atom stereocenters. The summed E-state index contributed by atoms with van der Waals surface area (Å²) in [5.41, 5.74) is 3.02. The van der Waals surface area contributed by atoms with Gasteiger partial charge < -0.3 is 20.3 Å². The van der Waals surface area contributed by atoms with Crippen molar-refractivity contribution in [3.63, 3.8) is 0 Å². The summed E-state index contributed by atoms with van der Waals surface area (Å²) >= 11 is 0. The van der Waals surface area contributed by atoms with Gasteiger partial charge in [0.15, 0.2) is 0 Å². The molecule has 2 aromatic rings. The number of rotatable bonds is 6. The summed E-state index contributed by atoms with van der Waals surface area (Å²) in [4.78, 5) is 39.5. The van der Waals surface area contributed by atoms with Gasteiger partial charge in [0.05, 0.1) is 17.4 Å². The van der Waals surface area contributed by atoms with E-state index in [0.29, 0.717) is 5.75 Å². The van der Waals surface area contributed by atoms with Crippen molar-refractivity contribution >= 4 is 17.9 Å². The molecule has 0 aliphatic heterocycles. The quantitative estimate of drug-likeness (QED) is 0.220. The molecule has 2 saturated carbocycles. The monoisotopic (exact) mass is 616 g/mol. The predicted octanol–water partition coefficient (Wildman–Crippen LogP) is 6.40. The number of nitrogens with one attached hydrogen (secondary N) is 2. The number of ether oxygens (including phenoxy) is 1. The van der Waals surface area contributed by atoms with Crippen molar-refractivity contribution in [3.8, 4) is 11.5 Å². The van der Waals surface area contributed by atoms with Crippen LogP contribution in [0.1, 0.15) is 101 Å². The maximum atomic E-state index is 14.4. The number of hydrogen-bond acceptors (Lipinski definition) is 5. The molecule has 0 aromatic heterocycles. The van der Waals surface area contributed by atoms with Crippen molar-refractivity contribution in [2.45, 2.75) is 103 Å². The summed E-state index contributed by atoms with van der Waals surface area (Å²) < 4.78 is 5.89. The molecule has 3 amide bonds. The fourth-order valence-electron chi connectivity index (χ4n) is 10.2. The van der Waals surface area contributed by atoms with Crippen LogP contribution in [0.3, 0.4) is 0 Å². The molecule has 242 valence electrons. The Balaban J connectivity index is 1.22. The Bertz CT molecular complexity index is 1520. The third-order valence-corrected chi connectivity index (χ3v) is 12.6. The molecule has 2 fully saturated rings. The van der Waals surface area contributed by atoms with E-state index in [1.165, 1.54) is 16.7 Å². The summed E-state index contributed by atoms with van der Waals surface area (Å²) in [6.07, 6.45) is 7.60. The summed E-state index contributed by atoms with van der Waals surface area (Å²) in [6, 6.07) is 11.8. The third kappa shape index (κ3) is 5.18. The second-order valence-corrected chi connectivity index (χ2v) is 15.1. The number of carboxylic acid groups (broad SMARTS) is 1. The van der Waals surface area contributed by atoms with Gasteiger partial charge in [-0.2, -0.15) is 0 Å². The standard InChI is InChI=1S/C37H48N2O6/c1-34-15-5-17-36(3,29(34)13-9-23-7-11-25(40)21-27(23)34)31(41)39-32(42)37(4)18-6-16-35(2)28-22-26(45-20-19-38-33(43)44)12-8-24(28)10-14-30(35)37/h7-8,11-12,21-22,29-30,38,40H,5-6,9-10,13-20H2,1-4H3,(H,43,44)(H,39,41,42)/t29-,30-,34-,35-,36+,37+/m1/s1. The Kier molecular flexibility index (Phi) is 7.93. The number of carbonyl (C=O) groups excluding carboxylic acids is 2. The lowest BCUT2D eigenvalue weighted by molar-refractivity contribution is -0.150. The molecule has 6 atom stereocenters. The molecule has 4 aliphatic rings.